The third-order valence-electron chi connectivity index (χ3n) is 16.9. The van der Waals surface area contributed by atoms with Crippen LogP contribution >= 0.6 is 0 Å². The first-order valence-corrected chi connectivity index (χ1v) is 36.0. The van der Waals surface area contributed by atoms with Gasteiger partial charge in [-0.15, -0.1) is 23.7 Å². The van der Waals surface area contributed by atoms with Crippen LogP contribution in [0.25, 0.3) is 0 Å². The van der Waals surface area contributed by atoms with Gasteiger partial charge in [-0.2, -0.15) is 0 Å². The molecule has 0 aliphatic heterocycles. The summed E-state index contributed by atoms with van der Waals surface area (Å²) in [7, 11) is 0. The van der Waals surface area contributed by atoms with Gasteiger partial charge in [0.05, 0.1) is 22.8 Å². The first-order chi connectivity index (χ1) is 39.7. The van der Waals surface area contributed by atoms with E-state index in [-0.39, 0.29) is 16.5 Å². The van der Waals surface area contributed by atoms with E-state index in [1.807, 2.05) is 0 Å². The Balaban J connectivity index is 0.0000328. The summed E-state index contributed by atoms with van der Waals surface area (Å²) in [5.74, 6) is 14.1. The van der Waals surface area contributed by atoms with Gasteiger partial charge in [-0.25, -0.2) is 0 Å². The van der Waals surface area contributed by atoms with Crippen LogP contribution in [-0.2, 0) is 29.3 Å². The molecular weight excluding hydrogens is 1020 g/mol. The number of nitrogens with zero attached hydrogens (tertiary/aromatic N) is 2. The molecule has 81 heavy (non-hydrogen) atoms. The van der Waals surface area contributed by atoms with Crippen molar-refractivity contribution in [1.29, 1.82) is 0 Å². The predicted octanol–water partition coefficient (Wildman–Crippen LogP) is 26.8. The summed E-state index contributed by atoms with van der Waals surface area (Å²) < 4.78 is 0. The minimum atomic E-state index is 0. The van der Waals surface area contributed by atoms with Gasteiger partial charge >= 0.3 is 0 Å². The van der Waals surface area contributed by atoms with Crippen LogP contribution in [0.3, 0.4) is 0 Å². The topological polar surface area (TPSA) is 24.7 Å². The molecule has 0 heterocycles. The monoisotopic (exact) mass is 1150 g/mol. The van der Waals surface area contributed by atoms with E-state index >= 15 is 0 Å². The molecule has 0 fully saturated rings. The van der Waals surface area contributed by atoms with Gasteiger partial charge in [0.1, 0.15) is 0 Å². The smallest absolute Gasteiger partial charge is 0.0665 e. The zero-order valence-electron chi connectivity index (χ0n) is 54.4. The minimum Gasteiger partial charge on any atom is -0.251 e. The number of aryl methyl sites for hydroxylation is 2. The number of rotatable bonds is 57. The molecule has 0 spiro atoms. The maximum absolute atomic E-state index is 5.49. The molecule has 0 atom stereocenters. The van der Waals surface area contributed by atoms with Crippen molar-refractivity contribution >= 4 is 22.8 Å². The van der Waals surface area contributed by atoms with E-state index in [0.29, 0.717) is 0 Å². The van der Waals surface area contributed by atoms with Crippen LogP contribution < -0.4 is 0 Å². The van der Waals surface area contributed by atoms with Gasteiger partial charge in [-0.1, -0.05) is 334 Å². The molecular formula is C78H132N2Ni. The molecule has 2 aromatic carbocycles. The summed E-state index contributed by atoms with van der Waals surface area (Å²) >= 11 is 0. The van der Waals surface area contributed by atoms with Crippen LogP contribution in [0.1, 0.15) is 386 Å². The third kappa shape index (κ3) is 48.3. The Kier molecular flexibility index (Phi) is 58.4. The van der Waals surface area contributed by atoms with Gasteiger partial charge in [0, 0.05) is 42.2 Å². The molecule has 0 aliphatic carbocycles. The van der Waals surface area contributed by atoms with E-state index in [1.54, 1.807) is 0 Å². The van der Waals surface area contributed by atoms with Gasteiger partial charge in [0.15, 0.2) is 0 Å². The molecule has 2 nitrogen and oxygen atoms in total. The van der Waals surface area contributed by atoms with Crippen molar-refractivity contribution < 1.29 is 16.5 Å². The maximum Gasteiger partial charge on any atom is 0.0665 e. The van der Waals surface area contributed by atoms with Crippen LogP contribution in [0.15, 0.2) is 58.5 Å². The average Bonchev–Trinajstić information content (AvgIpc) is 3.47. The number of benzene rings is 2. The summed E-state index contributed by atoms with van der Waals surface area (Å²) in [4.78, 5) is 11.0. The van der Waals surface area contributed by atoms with Crippen molar-refractivity contribution in [1.82, 2.24) is 0 Å². The van der Waals surface area contributed by atoms with Gasteiger partial charge in [0.25, 0.3) is 0 Å². The van der Waals surface area contributed by atoms with E-state index in [4.69, 9.17) is 9.98 Å². The zero-order valence-corrected chi connectivity index (χ0v) is 55.4. The number of aliphatic imine (C=N–C) groups is 2. The molecule has 0 N–H and O–H groups in total. The second kappa shape index (κ2) is 61.9. The number of para-hydroxylation sites is 2. The van der Waals surface area contributed by atoms with Crippen LogP contribution in [-0.4, -0.2) is 11.4 Å². The second-order valence-corrected chi connectivity index (χ2v) is 24.6. The third-order valence-corrected chi connectivity index (χ3v) is 16.9. The van der Waals surface area contributed by atoms with Gasteiger partial charge < -0.3 is 0 Å². The van der Waals surface area contributed by atoms with Gasteiger partial charge in [-0.3, -0.25) is 9.98 Å². The molecule has 464 valence electrons. The molecule has 0 saturated heterocycles. The fourth-order valence-corrected chi connectivity index (χ4v) is 11.6. The fraction of sp³-hybridized carbons (Fsp3) is 0.769. The van der Waals surface area contributed by atoms with Gasteiger partial charge in [-0.05, 0) is 87.5 Å². The Morgan fingerprint density at radius 2 is 0.469 bits per heavy atom. The number of hydrogen-bond acceptors (Lipinski definition) is 2. The van der Waals surface area contributed by atoms with Crippen molar-refractivity contribution in [3.8, 4) is 23.7 Å². The summed E-state index contributed by atoms with van der Waals surface area (Å²) in [6, 6.07) is 17.7. The van der Waals surface area contributed by atoms with Crippen molar-refractivity contribution in [2.24, 2.45) is 9.98 Å². The summed E-state index contributed by atoms with van der Waals surface area (Å²) in [6.45, 7) is 9.20. The molecule has 0 bridgehead atoms. The van der Waals surface area contributed by atoms with Crippen molar-refractivity contribution in [2.45, 2.75) is 387 Å². The van der Waals surface area contributed by atoms with E-state index in [9.17, 15) is 0 Å². The SMILES string of the molecule is CCCCCCCCCCCCCCCCCCCCCCCC#CCCCc1ccccc1N=C(CCCC)C(CCCC)=Nc1ccccc1CCCC#CCCCCCCCCCCCCCCCCCCCCCCC.[Ni]. The van der Waals surface area contributed by atoms with Crippen molar-refractivity contribution in [3.63, 3.8) is 0 Å². The Morgan fingerprint density at radius 1 is 0.259 bits per heavy atom. The molecule has 3 heteroatoms. The molecule has 0 unspecified atom stereocenters. The summed E-state index contributed by atoms with van der Waals surface area (Å²) in [6.07, 6.45) is 74.8. The van der Waals surface area contributed by atoms with E-state index < -0.39 is 0 Å². The summed E-state index contributed by atoms with van der Waals surface area (Å²) in [5, 5.41) is 0. The largest absolute Gasteiger partial charge is 0.251 e. The fourth-order valence-electron chi connectivity index (χ4n) is 11.6. The molecule has 0 aliphatic rings. The van der Waals surface area contributed by atoms with Crippen molar-refractivity contribution in [2.75, 3.05) is 0 Å². The van der Waals surface area contributed by atoms with Crippen LogP contribution in [0.5, 0.6) is 0 Å². The Bertz CT molecular complexity index is 1700. The average molecular weight is 1160 g/mol. The van der Waals surface area contributed by atoms with E-state index in [0.717, 1.165) is 101 Å². The normalized spacial score (nSPS) is 11.6. The molecule has 0 radical (unpaired) electrons. The van der Waals surface area contributed by atoms with E-state index in [2.05, 4.69) is 99.9 Å². The predicted molar refractivity (Wildman–Crippen MR) is 362 cm³/mol. The number of hydrogen-bond donors (Lipinski definition) is 0. The Hall–Kier alpha value is -2.61. The molecule has 0 amide bonds. The zero-order chi connectivity index (χ0) is 57.0. The van der Waals surface area contributed by atoms with Gasteiger partial charge in [0.2, 0.25) is 0 Å². The Labute approximate surface area is 516 Å². The first-order valence-electron chi connectivity index (χ1n) is 36.0. The Morgan fingerprint density at radius 3 is 0.716 bits per heavy atom. The molecule has 2 rings (SSSR count). The van der Waals surface area contributed by atoms with E-state index in [1.165, 1.54) is 292 Å². The molecule has 0 saturated carbocycles. The summed E-state index contributed by atoms with van der Waals surface area (Å²) in [5.41, 5.74) is 7.27. The van der Waals surface area contributed by atoms with Crippen LogP contribution in [0, 0.1) is 23.7 Å². The standard InChI is InChI=1S/C78H132N2.Ni/c1-5-9-13-15-17-19-21-23-25-27-29-31-33-35-37-39-41-43-45-47-49-51-53-55-57-59-65-73-67-61-63-71-75(73)79-77(69-11-7-3)78(70-12-8-4)80-76-72-64-62-68-74(76)66-60-58-56-54-52-50-48-46-44-42-40-38-36-34-32-30-28-26-24-22-20-18-16-14-10-6-2;/h61-64,67-68,71-72H,5-52,57-60,65-66,69-70H2,1-4H3;. The maximum atomic E-state index is 5.49. The minimum absolute atomic E-state index is 0. The van der Waals surface area contributed by atoms with Crippen LogP contribution in [0.4, 0.5) is 11.4 Å². The van der Waals surface area contributed by atoms with Crippen LogP contribution in [0.2, 0.25) is 0 Å². The number of unbranched alkanes of at least 4 members (excludes halogenated alkanes) is 46. The molecule has 2 aromatic rings. The quantitative estimate of drug-likeness (QED) is 0.0273. The second-order valence-electron chi connectivity index (χ2n) is 24.6. The van der Waals surface area contributed by atoms with Crippen molar-refractivity contribution in [3.05, 3.63) is 59.7 Å². The first kappa shape index (κ1) is 76.4. The molecule has 0 aromatic heterocycles.